The van der Waals surface area contributed by atoms with Gasteiger partial charge in [-0.3, -0.25) is 4.79 Å². The van der Waals surface area contributed by atoms with E-state index in [4.69, 9.17) is 5.53 Å². The Hall–Kier alpha value is -2.21. The third kappa shape index (κ3) is 3.11. The first-order valence-corrected chi connectivity index (χ1v) is 6.38. The molecule has 1 aliphatic rings. The molecule has 1 heterocycles. The summed E-state index contributed by atoms with van der Waals surface area (Å²) in [5.74, 6) is -5.14. The molecule has 21 heavy (non-hydrogen) atoms. The quantitative estimate of drug-likeness (QED) is 0.480. The molecule has 0 aromatic heterocycles. The highest BCUT2D eigenvalue weighted by Crippen LogP contribution is 2.31. The van der Waals surface area contributed by atoms with Gasteiger partial charge in [-0.2, -0.15) is 8.78 Å². The summed E-state index contributed by atoms with van der Waals surface area (Å²) < 4.78 is 42.0. The minimum atomic E-state index is -3.70. The van der Waals surface area contributed by atoms with Crippen LogP contribution in [-0.2, 0) is 10.7 Å². The van der Waals surface area contributed by atoms with Crippen LogP contribution < -0.4 is 0 Å². The Morgan fingerprint density at radius 1 is 1.38 bits per heavy atom. The lowest BCUT2D eigenvalue weighted by Crippen LogP contribution is -2.51. The number of carbonyl (C=O) groups excluding carboxylic acids is 1. The summed E-state index contributed by atoms with van der Waals surface area (Å²) in [7, 11) is 0. The molecule has 1 aliphatic heterocycles. The maximum atomic E-state index is 14.1. The number of halogens is 3. The van der Waals surface area contributed by atoms with Gasteiger partial charge in [0.05, 0.1) is 12.6 Å². The van der Waals surface area contributed by atoms with Crippen LogP contribution in [0.1, 0.15) is 12.0 Å². The van der Waals surface area contributed by atoms with Crippen LogP contribution in [0.15, 0.2) is 35.4 Å². The van der Waals surface area contributed by atoms with Gasteiger partial charge in [0.25, 0.3) is 5.91 Å². The number of hydrogen-bond donors (Lipinski definition) is 0. The molecule has 1 aromatic rings. The maximum absolute atomic E-state index is 14.1. The van der Waals surface area contributed by atoms with E-state index >= 15 is 0 Å². The molecule has 1 fully saturated rings. The molecule has 2 rings (SSSR count). The van der Waals surface area contributed by atoms with E-state index in [-0.39, 0.29) is 13.0 Å². The summed E-state index contributed by atoms with van der Waals surface area (Å²) in [6.07, 6.45) is -1.60. The van der Waals surface area contributed by atoms with Crippen LogP contribution in [0.2, 0.25) is 0 Å². The number of rotatable bonds is 3. The molecule has 0 aliphatic carbocycles. The smallest absolute Gasteiger partial charge is 0.334 e. The minimum absolute atomic E-state index is 0.0296. The zero-order chi connectivity index (χ0) is 15.5. The summed E-state index contributed by atoms with van der Waals surface area (Å²) in [6.45, 7) is -0.559. The van der Waals surface area contributed by atoms with Gasteiger partial charge in [0.1, 0.15) is 6.17 Å². The fraction of sp³-hybridized carbons (Fsp3) is 0.462. The van der Waals surface area contributed by atoms with Gasteiger partial charge in [-0.05, 0) is 12.0 Å². The molecule has 0 N–H and O–H groups in total. The highest BCUT2D eigenvalue weighted by molar-refractivity contribution is 5.85. The van der Waals surface area contributed by atoms with Crippen LogP contribution in [0.25, 0.3) is 10.4 Å². The van der Waals surface area contributed by atoms with Crippen LogP contribution in [0.4, 0.5) is 13.2 Å². The molecule has 1 amide bonds. The molecule has 0 radical (unpaired) electrons. The summed E-state index contributed by atoms with van der Waals surface area (Å²) >= 11 is 0. The first-order valence-electron chi connectivity index (χ1n) is 6.38. The molecular weight excluding hydrogens is 285 g/mol. The van der Waals surface area contributed by atoms with Crippen LogP contribution in [0, 0.1) is 0 Å². The van der Waals surface area contributed by atoms with E-state index in [1.807, 2.05) is 0 Å². The van der Waals surface area contributed by atoms with Gasteiger partial charge in [-0.25, -0.2) is 4.39 Å². The zero-order valence-corrected chi connectivity index (χ0v) is 11.0. The molecule has 0 saturated carbocycles. The Bertz CT molecular complexity index is 560. The summed E-state index contributed by atoms with van der Waals surface area (Å²) in [6, 6.07) is 5.76. The molecule has 0 bridgehead atoms. The highest BCUT2D eigenvalue weighted by atomic mass is 19.3. The van der Waals surface area contributed by atoms with Crippen molar-refractivity contribution < 1.29 is 18.0 Å². The van der Waals surface area contributed by atoms with Crippen molar-refractivity contribution in [3.63, 3.8) is 0 Å². The summed E-state index contributed by atoms with van der Waals surface area (Å²) in [5.41, 5.74) is 7.85. The maximum Gasteiger partial charge on any atom is 0.349 e. The van der Waals surface area contributed by atoms with Crippen molar-refractivity contribution in [2.75, 3.05) is 13.1 Å². The molecule has 2 atom stereocenters. The van der Waals surface area contributed by atoms with E-state index in [0.717, 1.165) is 17.0 Å². The topological polar surface area (TPSA) is 69.1 Å². The Labute approximate surface area is 119 Å². The van der Waals surface area contributed by atoms with Crippen LogP contribution in [0.3, 0.4) is 0 Å². The van der Waals surface area contributed by atoms with Crippen molar-refractivity contribution >= 4 is 5.91 Å². The fourth-order valence-corrected chi connectivity index (χ4v) is 2.24. The molecule has 0 unspecified atom stereocenters. The van der Waals surface area contributed by atoms with E-state index in [1.165, 1.54) is 12.1 Å². The van der Waals surface area contributed by atoms with E-state index in [2.05, 4.69) is 10.0 Å². The molecular formula is C13H13F3N4O. The third-order valence-electron chi connectivity index (χ3n) is 3.40. The van der Waals surface area contributed by atoms with Crippen molar-refractivity contribution in [3.8, 4) is 0 Å². The lowest BCUT2D eigenvalue weighted by molar-refractivity contribution is -0.161. The standard InChI is InChI=1S/C13H13F3N4O/c14-10-8-20(7-6-11(10)18-19-17)12(21)13(15,16)9-4-2-1-3-5-9/h1-5,10-11H,6-8H2/t10-,11-/m1/s1. The van der Waals surface area contributed by atoms with Crippen LogP contribution in [0.5, 0.6) is 0 Å². The number of piperidine rings is 1. The predicted molar refractivity (Wildman–Crippen MR) is 69.4 cm³/mol. The fourth-order valence-electron chi connectivity index (χ4n) is 2.24. The van der Waals surface area contributed by atoms with E-state index < -0.39 is 36.2 Å². The third-order valence-corrected chi connectivity index (χ3v) is 3.40. The number of benzene rings is 1. The predicted octanol–water partition coefficient (Wildman–Crippen LogP) is 3.03. The Morgan fingerprint density at radius 2 is 2.05 bits per heavy atom. The van der Waals surface area contributed by atoms with Crippen molar-refractivity contribution in [2.45, 2.75) is 24.6 Å². The van der Waals surface area contributed by atoms with Crippen LogP contribution >= 0.6 is 0 Å². The monoisotopic (exact) mass is 298 g/mol. The largest absolute Gasteiger partial charge is 0.349 e. The van der Waals surface area contributed by atoms with Crippen molar-refractivity contribution in [1.82, 2.24) is 4.90 Å². The van der Waals surface area contributed by atoms with Gasteiger partial charge >= 0.3 is 5.92 Å². The lowest BCUT2D eigenvalue weighted by atomic mass is 10.0. The molecule has 112 valence electrons. The SMILES string of the molecule is [N-]=[N+]=N[C@@H]1CCN(C(=O)C(F)(F)c2ccccc2)C[C@H]1F. The molecule has 5 nitrogen and oxygen atoms in total. The van der Waals surface area contributed by atoms with Crippen molar-refractivity contribution in [1.29, 1.82) is 0 Å². The first-order chi connectivity index (χ1) is 9.96. The van der Waals surface area contributed by atoms with Crippen molar-refractivity contribution in [3.05, 3.63) is 46.3 Å². The number of amides is 1. The molecule has 8 heteroatoms. The number of azide groups is 1. The molecule has 1 saturated heterocycles. The Kier molecular flexibility index (Phi) is 4.37. The Balaban J connectivity index is 2.12. The molecule has 1 aromatic carbocycles. The average Bonchev–Trinajstić information content (AvgIpc) is 2.49. The van der Waals surface area contributed by atoms with Gasteiger partial charge in [-0.1, -0.05) is 35.4 Å². The normalized spacial score (nSPS) is 22.5. The number of alkyl halides is 3. The number of likely N-dealkylation sites (tertiary alicyclic amines) is 1. The Morgan fingerprint density at radius 3 is 2.62 bits per heavy atom. The second-order valence-electron chi connectivity index (χ2n) is 4.77. The number of carbonyl (C=O) groups is 1. The van der Waals surface area contributed by atoms with E-state index in [0.29, 0.717) is 0 Å². The lowest BCUT2D eigenvalue weighted by Gasteiger charge is -2.34. The average molecular weight is 298 g/mol. The van der Waals surface area contributed by atoms with Gasteiger partial charge < -0.3 is 4.90 Å². The van der Waals surface area contributed by atoms with E-state index in [1.54, 1.807) is 6.07 Å². The molecule has 0 spiro atoms. The van der Waals surface area contributed by atoms with Crippen LogP contribution in [-0.4, -0.2) is 36.1 Å². The van der Waals surface area contributed by atoms with Gasteiger partial charge in [-0.15, -0.1) is 0 Å². The summed E-state index contributed by atoms with van der Waals surface area (Å²) in [4.78, 5) is 15.2. The summed E-state index contributed by atoms with van der Waals surface area (Å²) in [5, 5.41) is 3.26. The second kappa shape index (κ2) is 6.05. The van der Waals surface area contributed by atoms with Gasteiger partial charge in [0, 0.05) is 17.0 Å². The zero-order valence-electron chi connectivity index (χ0n) is 11.0. The van der Waals surface area contributed by atoms with E-state index in [9.17, 15) is 18.0 Å². The van der Waals surface area contributed by atoms with Gasteiger partial charge in [0.2, 0.25) is 0 Å². The highest BCUT2D eigenvalue weighted by Gasteiger charge is 2.45. The minimum Gasteiger partial charge on any atom is -0.334 e. The van der Waals surface area contributed by atoms with Gasteiger partial charge in [0.15, 0.2) is 0 Å². The second-order valence-corrected chi connectivity index (χ2v) is 4.77. The first kappa shape index (κ1) is 15.2. The number of nitrogens with zero attached hydrogens (tertiary/aromatic N) is 4. The number of hydrogen-bond acceptors (Lipinski definition) is 2. The van der Waals surface area contributed by atoms with Crippen molar-refractivity contribution in [2.24, 2.45) is 5.11 Å².